The Morgan fingerprint density at radius 3 is 2.60 bits per heavy atom. The standard InChI is InChI=1S/C13H20O2/c1-4-6-8-12(7-5-2)13-14-9-11(3)10-15-13/h5-8,11,13H,2,4,9-10H2,1,3H3/b8-6-,12-7+. The molecule has 2 nitrogen and oxygen atoms in total. The smallest absolute Gasteiger partial charge is 0.183 e. The van der Waals surface area contributed by atoms with Crippen LogP contribution in [0, 0.1) is 5.92 Å². The first-order valence-corrected chi connectivity index (χ1v) is 5.50. The zero-order chi connectivity index (χ0) is 11.1. The molecule has 1 aliphatic rings. The first-order chi connectivity index (χ1) is 7.27. The van der Waals surface area contributed by atoms with Crippen LogP contribution >= 0.6 is 0 Å². The van der Waals surface area contributed by atoms with Crippen LogP contribution in [-0.2, 0) is 9.47 Å². The molecule has 0 saturated carbocycles. The maximum atomic E-state index is 5.61. The van der Waals surface area contributed by atoms with Gasteiger partial charge in [0.25, 0.3) is 0 Å². The molecular formula is C13H20O2. The zero-order valence-corrected chi connectivity index (χ0v) is 9.61. The normalized spacial score (nSPS) is 28.3. The van der Waals surface area contributed by atoms with E-state index in [2.05, 4.69) is 26.5 Å². The van der Waals surface area contributed by atoms with Gasteiger partial charge in [-0.25, -0.2) is 0 Å². The molecule has 84 valence electrons. The van der Waals surface area contributed by atoms with E-state index in [4.69, 9.17) is 9.47 Å². The Morgan fingerprint density at radius 2 is 2.07 bits per heavy atom. The Hall–Kier alpha value is -0.860. The molecule has 1 rings (SSSR count). The fourth-order valence-corrected chi connectivity index (χ4v) is 1.39. The Morgan fingerprint density at radius 1 is 1.40 bits per heavy atom. The lowest BCUT2D eigenvalue weighted by molar-refractivity contribution is -0.175. The van der Waals surface area contributed by atoms with E-state index in [9.17, 15) is 0 Å². The SMILES string of the molecule is C=C/C=C(\C=C/CC)C1OCC(C)CO1. The second-order valence-corrected chi connectivity index (χ2v) is 3.82. The molecule has 0 aromatic carbocycles. The minimum atomic E-state index is -0.220. The van der Waals surface area contributed by atoms with Crippen LogP contribution in [0.2, 0.25) is 0 Å². The largest absolute Gasteiger partial charge is 0.348 e. The highest BCUT2D eigenvalue weighted by Crippen LogP contribution is 2.18. The Balaban J connectivity index is 2.60. The van der Waals surface area contributed by atoms with Gasteiger partial charge in [0, 0.05) is 11.5 Å². The summed E-state index contributed by atoms with van der Waals surface area (Å²) in [6.45, 7) is 9.45. The molecule has 0 aliphatic carbocycles. The van der Waals surface area contributed by atoms with Gasteiger partial charge in [0.05, 0.1) is 13.2 Å². The Kier molecular flexibility index (Phi) is 5.37. The van der Waals surface area contributed by atoms with Gasteiger partial charge in [-0.15, -0.1) is 0 Å². The zero-order valence-electron chi connectivity index (χ0n) is 9.61. The third-order valence-electron chi connectivity index (χ3n) is 2.19. The lowest BCUT2D eigenvalue weighted by Crippen LogP contribution is -2.31. The van der Waals surface area contributed by atoms with Gasteiger partial charge < -0.3 is 9.47 Å². The predicted octanol–water partition coefficient (Wildman–Crippen LogP) is 3.07. The first kappa shape index (κ1) is 12.2. The molecule has 0 radical (unpaired) electrons. The Labute approximate surface area is 92.3 Å². The van der Waals surface area contributed by atoms with Gasteiger partial charge in [-0.1, -0.05) is 44.7 Å². The second-order valence-electron chi connectivity index (χ2n) is 3.82. The summed E-state index contributed by atoms with van der Waals surface area (Å²) in [5, 5.41) is 0. The maximum absolute atomic E-state index is 5.61. The molecule has 0 aromatic rings. The molecule has 0 aromatic heterocycles. The van der Waals surface area contributed by atoms with Crippen LogP contribution in [-0.4, -0.2) is 19.5 Å². The summed E-state index contributed by atoms with van der Waals surface area (Å²) in [6.07, 6.45) is 8.63. The monoisotopic (exact) mass is 208 g/mol. The molecule has 1 saturated heterocycles. The number of hydrogen-bond acceptors (Lipinski definition) is 2. The van der Waals surface area contributed by atoms with Crippen molar-refractivity contribution in [3.05, 3.63) is 36.5 Å². The number of rotatable bonds is 4. The van der Waals surface area contributed by atoms with Crippen molar-refractivity contribution in [2.24, 2.45) is 5.92 Å². The molecule has 0 amide bonds. The van der Waals surface area contributed by atoms with Gasteiger partial charge in [-0.3, -0.25) is 0 Å². The average Bonchev–Trinajstić information content (AvgIpc) is 2.25. The molecule has 0 spiro atoms. The van der Waals surface area contributed by atoms with Crippen molar-refractivity contribution >= 4 is 0 Å². The molecule has 1 aliphatic heterocycles. The molecule has 0 unspecified atom stereocenters. The third kappa shape index (κ3) is 4.02. The quantitative estimate of drug-likeness (QED) is 0.661. The Bertz CT molecular complexity index is 245. The highest BCUT2D eigenvalue weighted by molar-refractivity contribution is 5.25. The van der Waals surface area contributed by atoms with Crippen molar-refractivity contribution in [1.82, 2.24) is 0 Å². The summed E-state index contributed by atoms with van der Waals surface area (Å²) >= 11 is 0. The van der Waals surface area contributed by atoms with Gasteiger partial charge in [0.15, 0.2) is 6.29 Å². The van der Waals surface area contributed by atoms with Gasteiger partial charge in [-0.05, 0) is 6.42 Å². The van der Waals surface area contributed by atoms with E-state index in [1.165, 1.54) is 0 Å². The summed E-state index contributed by atoms with van der Waals surface area (Å²) in [5.41, 5.74) is 1.04. The van der Waals surface area contributed by atoms with Crippen molar-refractivity contribution in [2.45, 2.75) is 26.6 Å². The first-order valence-electron chi connectivity index (χ1n) is 5.50. The van der Waals surface area contributed by atoms with E-state index in [0.717, 1.165) is 25.2 Å². The molecule has 0 atom stereocenters. The van der Waals surface area contributed by atoms with Crippen LogP contribution in [0.1, 0.15) is 20.3 Å². The maximum Gasteiger partial charge on any atom is 0.183 e. The van der Waals surface area contributed by atoms with Crippen LogP contribution < -0.4 is 0 Å². The van der Waals surface area contributed by atoms with Crippen LogP contribution in [0.3, 0.4) is 0 Å². The lowest BCUT2D eigenvalue weighted by Gasteiger charge is -2.28. The lowest BCUT2D eigenvalue weighted by atomic mass is 10.1. The van der Waals surface area contributed by atoms with Crippen molar-refractivity contribution in [2.75, 3.05) is 13.2 Å². The van der Waals surface area contributed by atoms with Crippen molar-refractivity contribution in [1.29, 1.82) is 0 Å². The van der Waals surface area contributed by atoms with E-state index < -0.39 is 0 Å². The average molecular weight is 208 g/mol. The van der Waals surface area contributed by atoms with Gasteiger partial charge >= 0.3 is 0 Å². The molecule has 0 bridgehead atoms. The molecule has 15 heavy (non-hydrogen) atoms. The summed E-state index contributed by atoms with van der Waals surface area (Å²) < 4.78 is 11.2. The fourth-order valence-electron chi connectivity index (χ4n) is 1.39. The fraction of sp³-hybridized carbons (Fsp3) is 0.538. The summed E-state index contributed by atoms with van der Waals surface area (Å²) in [7, 11) is 0. The molecule has 1 heterocycles. The molecule has 2 heteroatoms. The minimum absolute atomic E-state index is 0.220. The molecule has 1 fully saturated rings. The van der Waals surface area contributed by atoms with Gasteiger partial charge in [0.1, 0.15) is 0 Å². The summed E-state index contributed by atoms with van der Waals surface area (Å²) in [4.78, 5) is 0. The van der Waals surface area contributed by atoms with E-state index >= 15 is 0 Å². The van der Waals surface area contributed by atoms with Crippen molar-refractivity contribution in [3.63, 3.8) is 0 Å². The topological polar surface area (TPSA) is 18.5 Å². The van der Waals surface area contributed by atoms with E-state index in [1.807, 2.05) is 12.2 Å². The van der Waals surface area contributed by atoms with E-state index in [1.54, 1.807) is 6.08 Å². The number of hydrogen-bond donors (Lipinski definition) is 0. The van der Waals surface area contributed by atoms with Crippen LogP contribution in [0.15, 0.2) is 36.5 Å². The van der Waals surface area contributed by atoms with Crippen molar-refractivity contribution in [3.8, 4) is 0 Å². The highest BCUT2D eigenvalue weighted by atomic mass is 16.7. The van der Waals surface area contributed by atoms with Gasteiger partial charge in [0.2, 0.25) is 0 Å². The van der Waals surface area contributed by atoms with Crippen LogP contribution in [0.25, 0.3) is 0 Å². The number of ether oxygens (including phenoxy) is 2. The third-order valence-corrected chi connectivity index (χ3v) is 2.19. The van der Waals surface area contributed by atoms with Gasteiger partial charge in [-0.2, -0.15) is 0 Å². The molecule has 0 N–H and O–H groups in total. The predicted molar refractivity (Wildman–Crippen MR) is 62.6 cm³/mol. The van der Waals surface area contributed by atoms with Crippen LogP contribution in [0.4, 0.5) is 0 Å². The van der Waals surface area contributed by atoms with Crippen LogP contribution in [0.5, 0.6) is 0 Å². The van der Waals surface area contributed by atoms with Crippen molar-refractivity contribution < 1.29 is 9.47 Å². The van der Waals surface area contributed by atoms with E-state index in [-0.39, 0.29) is 6.29 Å². The summed E-state index contributed by atoms with van der Waals surface area (Å²) in [6, 6.07) is 0. The molecular weight excluding hydrogens is 188 g/mol. The number of allylic oxidation sites excluding steroid dienone is 3. The summed E-state index contributed by atoms with van der Waals surface area (Å²) in [5.74, 6) is 0.487. The highest BCUT2D eigenvalue weighted by Gasteiger charge is 2.20. The second kappa shape index (κ2) is 6.59. The van der Waals surface area contributed by atoms with E-state index in [0.29, 0.717) is 5.92 Å². The minimum Gasteiger partial charge on any atom is -0.348 e.